The van der Waals surface area contributed by atoms with Gasteiger partial charge < -0.3 is 5.32 Å². The van der Waals surface area contributed by atoms with E-state index in [2.05, 4.69) is 5.32 Å². The molecule has 7 heteroatoms. The highest BCUT2D eigenvalue weighted by molar-refractivity contribution is 6.35. The Hall–Kier alpha value is -2.89. The van der Waals surface area contributed by atoms with Gasteiger partial charge in [-0.1, -0.05) is 47.5 Å². The molecule has 1 heterocycles. The molecule has 1 N–H and O–H groups in total. The van der Waals surface area contributed by atoms with Crippen LogP contribution in [0.5, 0.6) is 0 Å². The van der Waals surface area contributed by atoms with E-state index in [0.717, 1.165) is 10.3 Å². The predicted octanol–water partition coefficient (Wildman–Crippen LogP) is 4.38. The van der Waals surface area contributed by atoms with Crippen LogP contribution in [0.3, 0.4) is 0 Å². The molecule has 27 heavy (non-hydrogen) atoms. The molecule has 1 aliphatic heterocycles. The van der Waals surface area contributed by atoms with Crippen LogP contribution < -0.4 is 5.32 Å². The summed E-state index contributed by atoms with van der Waals surface area (Å²) in [7, 11) is 0. The lowest BCUT2D eigenvalue weighted by molar-refractivity contribution is -0.116. The highest BCUT2D eigenvalue weighted by atomic mass is 35.5. The Morgan fingerprint density at radius 3 is 2.00 bits per heavy atom. The van der Waals surface area contributed by atoms with Crippen molar-refractivity contribution in [2.45, 2.75) is 0 Å². The number of rotatable bonds is 3. The summed E-state index contributed by atoms with van der Waals surface area (Å²) in [6, 6.07) is 15.1. The second-order valence-electron chi connectivity index (χ2n) is 6.11. The molecule has 3 aromatic carbocycles. The number of imide groups is 1. The van der Waals surface area contributed by atoms with Crippen LogP contribution in [0.1, 0.15) is 20.7 Å². The summed E-state index contributed by atoms with van der Waals surface area (Å²) in [5, 5.41) is 4.76. The van der Waals surface area contributed by atoms with E-state index in [0.29, 0.717) is 32.2 Å². The largest absolute Gasteiger partial charge is 0.324 e. The molecule has 0 atom stereocenters. The number of nitrogens with zero attached hydrogens (tertiary/aromatic N) is 1. The monoisotopic (exact) mass is 398 g/mol. The maximum absolute atomic E-state index is 12.8. The quantitative estimate of drug-likeness (QED) is 0.665. The molecule has 0 unspecified atom stereocenters. The summed E-state index contributed by atoms with van der Waals surface area (Å²) in [4.78, 5) is 38.9. The van der Waals surface area contributed by atoms with Gasteiger partial charge in [0.2, 0.25) is 5.91 Å². The fourth-order valence-electron chi connectivity index (χ4n) is 3.19. The molecule has 0 bridgehead atoms. The number of carbonyl (C=O) groups excluding carboxylic acids is 3. The summed E-state index contributed by atoms with van der Waals surface area (Å²) < 4.78 is 0. The van der Waals surface area contributed by atoms with Crippen molar-refractivity contribution in [2.75, 3.05) is 11.9 Å². The van der Waals surface area contributed by atoms with Gasteiger partial charge in [0.25, 0.3) is 11.8 Å². The van der Waals surface area contributed by atoms with E-state index < -0.39 is 24.3 Å². The maximum Gasteiger partial charge on any atom is 0.261 e. The van der Waals surface area contributed by atoms with Crippen LogP contribution in [0.4, 0.5) is 5.69 Å². The van der Waals surface area contributed by atoms with Crippen molar-refractivity contribution in [2.24, 2.45) is 0 Å². The molecule has 0 fully saturated rings. The molecule has 0 saturated heterocycles. The Bertz CT molecular complexity index is 1060. The third-order valence-corrected chi connectivity index (χ3v) is 4.74. The van der Waals surface area contributed by atoms with Crippen LogP contribution in [0.15, 0.2) is 54.6 Å². The third-order valence-electron chi connectivity index (χ3n) is 4.30. The van der Waals surface area contributed by atoms with Crippen LogP contribution >= 0.6 is 23.2 Å². The first-order valence-corrected chi connectivity index (χ1v) is 8.83. The zero-order valence-corrected chi connectivity index (χ0v) is 15.3. The number of amides is 3. The van der Waals surface area contributed by atoms with Crippen molar-refractivity contribution >= 4 is 57.4 Å². The highest BCUT2D eigenvalue weighted by Gasteiger charge is 2.33. The number of anilines is 1. The lowest BCUT2D eigenvalue weighted by atomic mass is 9.94. The van der Waals surface area contributed by atoms with Crippen molar-refractivity contribution in [3.05, 3.63) is 75.8 Å². The summed E-state index contributed by atoms with van der Waals surface area (Å²) >= 11 is 11.8. The maximum atomic E-state index is 12.8. The second-order valence-corrected chi connectivity index (χ2v) is 6.98. The Kier molecular flexibility index (Phi) is 4.34. The average molecular weight is 399 g/mol. The second kappa shape index (κ2) is 6.68. The smallest absolute Gasteiger partial charge is 0.261 e. The van der Waals surface area contributed by atoms with Crippen LogP contribution in [0, 0.1) is 0 Å². The summed E-state index contributed by atoms with van der Waals surface area (Å²) in [6.45, 7) is -0.410. The standard InChI is InChI=1S/C20H12Cl2N2O3/c21-12-7-13(22)9-14(8-12)23-17(25)10-24-19(26)15-5-1-3-11-4-2-6-16(18(11)15)20(24)27/h1-9H,10H2,(H,23,25). The van der Waals surface area contributed by atoms with Crippen LogP contribution in [-0.2, 0) is 4.79 Å². The lowest BCUT2D eigenvalue weighted by Crippen LogP contribution is -2.44. The molecule has 0 aromatic heterocycles. The Morgan fingerprint density at radius 1 is 0.889 bits per heavy atom. The number of hydrogen-bond donors (Lipinski definition) is 1. The number of hydrogen-bond acceptors (Lipinski definition) is 3. The normalized spacial score (nSPS) is 13.2. The van der Waals surface area contributed by atoms with Gasteiger partial charge in [0.05, 0.1) is 0 Å². The van der Waals surface area contributed by atoms with Crippen molar-refractivity contribution in [3.63, 3.8) is 0 Å². The summed E-state index contributed by atoms with van der Waals surface area (Å²) in [5.74, 6) is -1.52. The summed E-state index contributed by atoms with van der Waals surface area (Å²) in [6.07, 6.45) is 0. The first-order chi connectivity index (χ1) is 12.9. The minimum Gasteiger partial charge on any atom is -0.324 e. The molecule has 0 saturated carbocycles. The minimum absolute atomic E-state index is 0.364. The fourth-order valence-corrected chi connectivity index (χ4v) is 3.72. The van der Waals surface area contributed by atoms with Gasteiger partial charge in [-0.25, -0.2) is 0 Å². The van der Waals surface area contributed by atoms with Gasteiger partial charge in [-0.15, -0.1) is 0 Å². The van der Waals surface area contributed by atoms with Crippen molar-refractivity contribution < 1.29 is 14.4 Å². The first kappa shape index (κ1) is 17.5. The van der Waals surface area contributed by atoms with Gasteiger partial charge in [-0.2, -0.15) is 0 Å². The average Bonchev–Trinajstić information content (AvgIpc) is 2.62. The molecule has 134 valence electrons. The Labute approximate surface area is 164 Å². The van der Waals surface area contributed by atoms with Crippen molar-refractivity contribution in [3.8, 4) is 0 Å². The van der Waals surface area contributed by atoms with E-state index in [9.17, 15) is 14.4 Å². The van der Waals surface area contributed by atoms with Gasteiger partial charge in [-0.05, 0) is 35.7 Å². The fraction of sp³-hybridized carbons (Fsp3) is 0.0500. The van der Waals surface area contributed by atoms with Gasteiger partial charge >= 0.3 is 0 Å². The molecule has 0 aliphatic carbocycles. The Balaban J connectivity index is 1.62. The van der Waals surface area contributed by atoms with Crippen LogP contribution in [0.2, 0.25) is 10.0 Å². The minimum atomic E-state index is -0.526. The van der Waals surface area contributed by atoms with E-state index in [1.807, 2.05) is 12.1 Å². The van der Waals surface area contributed by atoms with E-state index in [-0.39, 0.29) is 0 Å². The van der Waals surface area contributed by atoms with Gasteiger partial charge in [0, 0.05) is 32.2 Å². The first-order valence-electron chi connectivity index (χ1n) is 8.08. The molecule has 3 amide bonds. The van der Waals surface area contributed by atoms with E-state index in [1.54, 1.807) is 24.3 Å². The molecule has 4 rings (SSSR count). The van der Waals surface area contributed by atoms with Gasteiger partial charge in [0.1, 0.15) is 6.54 Å². The molecule has 5 nitrogen and oxygen atoms in total. The molecular weight excluding hydrogens is 387 g/mol. The van der Waals surface area contributed by atoms with E-state index in [4.69, 9.17) is 23.2 Å². The molecule has 0 spiro atoms. The van der Waals surface area contributed by atoms with Crippen LogP contribution in [-0.4, -0.2) is 29.2 Å². The number of carbonyl (C=O) groups is 3. The number of halogens is 2. The number of benzene rings is 3. The Morgan fingerprint density at radius 2 is 1.44 bits per heavy atom. The van der Waals surface area contributed by atoms with E-state index in [1.165, 1.54) is 18.2 Å². The van der Waals surface area contributed by atoms with Crippen LogP contribution in [0.25, 0.3) is 10.8 Å². The topological polar surface area (TPSA) is 66.5 Å². The molecular formula is C20H12Cl2N2O3. The predicted molar refractivity (Wildman–Crippen MR) is 104 cm³/mol. The third kappa shape index (κ3) is 3.16. The number of nitrogens with one attached hydrogen (secondary N) is 1. The lowest BCUT2D eigenvalue weighted by Gasteiger charge is -2.26. The molecule has 3 aromatic rings. The highest BCUT2D eigenvalue weighted by Crippen LogP contribution is 2.30. The summed E-state index contributed by atoms with van der Waals surface area (Å²) in [5.41, 5.74) is 1.19. The zero-order chi connectivity index (χ0) is 19.1. The van der Waals surface area contributed by atoms with Gasteiger partial charge in [-0.3, -0.25) is 19.3 Å². The molecule has 0 radical (unpaired) electrons. The molecule has 1 aliphatic rings. The SMILES string of the molecule is O=C(CN1C(=O)c2cccc3cccc(c23)C1=O)Nc1cc(Cl)cc(Cl)c1. The zero-order valence-electron chi connectivity index (χ0n) is 13.8. The van der Waals surface area contributed by atoms with E-state index >= 15 is 0 Å². The van der Waals surface area contributed by atoms with Crippen molar-refractivity contribution in [1.29, 1.82) is 0 Å². The van der Waals surface area contributed by atoms with Crippen molar-refractivity contribution in [1.82, 2.24) is 4.90 Å². The van der Waals surface area contributed by atoms with Gasteiger partial charge in [0.15, 0.2) is 0 Å².